The van der Waals surface area contributed by atoms with Gasteiger partial charge in [0, 0.05) is 18.7 Å². The lowest BCUT2D eigenvalue weighted by atomic mass is 9.85. The van der Waals surface area contributed by atoms with Gasteiger partial charge in [-0.25, -0.2) is 0 Å². The van der Waals surface area contributed by atoms with Gasteiger partial charge in [-0.1, -0.05) is 18.2 Å². The third-order valence-electron chi connectivity index (χ3n) is 3.80. The first-order chi connectivity index (χ1) is 8.33. The van der Waals surface area contributed by atoms with Gasteiger partial charge in [0.1, 0.15) is 0 Å². The molecule has 2 aliphatic heterocycles. The third-order valence-corrected chi connectivity index (χ3v) is 3.80. The highest BCUT2D eigenvalue weighted by Gasteiger charge is 2.32. The summed E-state index contributed by atoms with van der Waals surface area (Å²) in [6.07, 6.45) is 1.28. The molecule has 1 aromatic rings. The molecule has 0 saturated carbocycles. The molecule has 2 bridgehead atoms. The molecule has 0 spiro atoms. The van der Waals surface area contributed by atoms with Gasteiger partial charge >= 0.3 is 0 Å². The van der Waals surface area contributed by atoms with Crippen LogP contribution in [-0.2, 0) is 0 Å². The van der Waals surface area contributed by atoms with Crippen LogP contribution in [0.4, 0.5) is 0 Å². The molecule has 1 aromatic carbocycles. The van der Waals surface area contributed by atoms with Gasteiger partial charge in [0.15, 0.2) is 0 Å². The van der Waals surface area contributed by atoms with Crippen LogP contribution in [0.3, 0.4) is 0 Å². The number of benzene rings is 1. The first-order valence-electron chi connectivity index (χ1n) is 6.38. The number of likely N-dealkylation sites (tertiary alicyclic amines) is 1. The molecular formula is C14H18N2O. The number of piperidine rings is 2. The second-order valence-corrected chi connectivity index (χ2v) is 5.20. The Morgan fingerprint density at radius 1 is 1.12 bits per heavy atom. The van der Waals surface area contributed by atoms with Gasteiger partial charge in [-0.15, -0.1) is 0 Å². The summed E-state index contributed by atoms with van der Waals surface area (Å²) in [6, 6.07) is 9.63. The number of amides is 1. The molecule has 2 aliphatic rings. The van der Waals surface area contributed by atoms with E-state index in [4.69, 9.17) is 0 Å². The van der Waals surface area contributed by atoms with Gasteiger partial charge in [0.2, 0.25) is 0 Å². The molecular weight excluding hydrogens is 212 g/mol. The van der Waals surface area contributed by atoms with E-state index in [1.807, 2.05) is 35.2 Å². The first-order valence-corrected chi connectivity index (χ1v) is 6.38. The number of carbonyl (C=O) groups excluding carboxylic acids is 1. The Hall–Kier alpha value is -1.35. The zero-order chi connectivity index (χ0) is 11.7. The van der Waals surface area contributed by atoms with Crippen LogP contribution in [0.5, 0.6) is 0 Å². The van der Waals surface area contributed by atoms with Crippen LogP contribution >= 0.6 is 0 Å². The fourth-order valence-corrected chi connectivity index (χ4v) is 3.03. The summed E-state index contributed by atoms with van der Waals surface area (Å²) in [4.78, 5) is 14.4. The summed E-state index contributed by atoms with van der Waals surface area (Å²) in [5, 5.41) is 3.45. The zero-order valence-electron chi connectivity index (χ0n) is 9.93. The fraction of sp³-hybridized carbons (Fsp3) is 0.500. The molecule has 1 N–H and O–H groups in total. The summed E-state index contributed by atoms with van der Waals surface area (Å²) in [6.45, 7) is 3.96. The maximum Gasteiger partial charge on any atom is 0.253 e. The van der Waals surface area contributed by atoms with Crippen molar-refractivity contribution in [2.24, 2.45) is 11.8 Å². The van der Waals surface area contributed by atoms with E-state index in [2.05, 4.69) is 5.32 Å². The van der Waals surface area contributed by atoms with Crippen LogP contribution in [0.25, 0.3) is 0 Å². The van der Waals surface area contributed by atoms with Crippen molar-refractivity contribution in [3.8, 4) is 0 Å². The van der Waals surface area contributed by atoms with E-state index in [0.717, 1.165) is 31.7 Å². The van der Waals surface area contributed by atoms with Crippen LogP contribution in [0.1, 0.15) is 16.8 Å². The number of hydrogen-bond acceptors (Lipinski definition) is 2. The van der Waals surface area contributed by atoms with Crippen molar-refractivity contribution < 1.29 is 4.79 Å². The number of carbonyl (C=O) groups is 1. The molecule has 0 unspecified atom stereocenters. The highest BCUT2D eigenvalue weighted by molar-refractivity contribution is 5.94. The van der Waals surface area contributed by atoms with Crippen molar-refractivity contribution in [3.63, 3.8) is 0 Å². The van der Waals surface area contributed by atoms with Crippen LogP contribution < -0.4 is 5.32 Å². The van der Waals surface area contributed by atoms with Crippen molar-refractivity contribution in [2.75, 3.05) is 26.2 Å². The van der Waals surface area contributed by atoms with Crippen molar-refractivity contribution in [1.82, 2.24) is 10.2 Å². The Labute approximate surface area is 102 Å². The maximum atomic E-state index is 12.3. The number of fused-ring (bicyclic) bond motifs is 2. The monoisotopic (exact) mass is 230 g/mol. The van der Waals surface area contributed by atoms with Crippen LogP contribution in [0.15, 0.2) is 30.3 Å². The largest absolute Gasteiger partial charge is 0.338 e. The molecule has 2 saturated heterocycles. The van der Waals surface area contributed by atoms with Crippen molar-refractivity contribution in [2.45, 2.75) is 6.42 Å². The molecule has 17 heavy (non-hydrogen) atoms. The second-order valence-electron chi connectivity index (χ2n) is 5.20. The standard InChI is InChI=1S/C14H18N2O/c17-14(13-4-2-1-3-5-13)16-9-11-6-12(10-16)8-15-7-11/h1-5,11-12,15H,6-10H2/t11-,12-/m1/s1. The van der Waals surface area contributed by atoms with Crippen molar-refractivity contribution in [1.29, 1.82) is 0 Å². The Bertz CT molecular complexity index is 392. The number of hydrogen-bond donors (Lipinski definition) is 1. The minimum atomic E-state index is 0.196. The summed E-state index contributed by atoms with van der Waals surface area (Å²) >= 11 is 0. The SMILES string of the molecule is O=C(c1ccccc1)N1C[C@H]2CNC[C@@H](C2)C1. The Balaban J connectivity index is 1.74. The molecule has 2 heterocycles. The van der Waals surface area contributed by atoms with E-state index in [1.54, 1.807) is 0 Å². The van der Waals surface area contributed by atoms with Crippen molar-refractivity contribution in [3.05, 3.63) is 35.9 Å². The predicted octanol–water partition coefficient (Wildman–Crippen LogP) is 1.37. The van der Waals surface area contributed by atoms with Gasteiger partial charge in [-0.05, 0) is 43.5 Å². The van der Waals surface area contributed by atoms with E-state index >= 15 is 0 Å². The molecule has 1 amide bonds. The highest BCUT2D eigenvalue weighted by Crippen LogP contribution is 2.25. The molecule has 90 valence electrons. The van der Waals surface area contributed by atoms with Crippen LogP contribution in [0.2, 0.25) is 0 Å². The number of nitrogens with zero attached hydrogens (tertiary/aromatic N) is 1. The van der Waals surface area contributed by atoms with E-state index in [1.165, 1.54) is 6.42 Å². The first kappa shape index (κ1) is 10.8. The molecule has 3 nitrogen and oxygen atoms in total. The molecule has 2 fully saturated rings. The zero-order valence-corrected chi connectivity index (χ0v) is 9.93. The van der Waals surface area contributed by atoms with Crippen LogP contribution in [-0.4, -0.2) is 37.0 Å². The van der Waals surface area contributed by atoms with E-state index < -0.39 is 0 Å². The molecule has 3 heteroatoms. The average Bonchev–Trinajstić information content (AvgIpc) is 2.38. The molecule has 0 aliphatic carbocycles. The number of nitrogens with one attached hydrogen (secondary N) is 1. The average molecular weight is 230 g/mol. The maximum absolute atomic E-state index is 12.3. The minimum absolute atomic E-state index is 0.196. The van der Waals surface area contributed by atoms with Gasteiger partial charge in [0.25, 0.3) is 5.91 Å². The number of rotatable bonds is 1. The van der Waals surface area contributed by atoms with E-state index in [-0.39, 0.29) is 5.91 Å². The van der Waals surface area contributed by atoms with Gasteiger partial charge in [-0.3, -0.25) is 4.79 Å². The van der Waals surface area contributed by atoms with E-state index in [9.17, 15) is 4.79 Å². The van der Waals surface area contributed by atoms with E-state index in [0.29, 0.717) is 11.8 Å². The summed E-state index contributed by atoms with van der Waals surface area (Å²) in [7, 11) is 0. The summed E-state index contributed by atoms with van der Waals surface area (Å²) in [5.41, 5.74) is 0.820. The minimum Gasteiger partial charge on any atom is -0.338 e. The van der Waals surface area contributed by atoms with Gasteiger partial charge in [0.05, 0.1) is 0 Å². The van der Waals surface area contributed by atoms with Crippen molar-refractivity contribution >= 4 is 5.91 Å². The van der Waals surface area contributed by atoms with Gasteiger partial charge in [-0.2, -0.15) is 0 Å². The fourth-order valence-electron chi connectivity index (χ4n) is 3.03. The Kier molecular flexibility index (Phi) is 2.85. The summed E-state index contributed by atoms with van der Waals surface area (Å²) < 4.78 is 0. The molecule has 3 rings (SSSR count). The molecule has 2 atom stereocenters. The quantitative estimate of drug-likeness (QED) is 0.790. The second kappa shape index (κ2) is 4.49. The van der Waals surface area contributed by atoms with Gasteiger partial charge < -0.3 is 10.2 Å². The Morgan fingerprint density at radius 2 is 1.76 bits per heavy atom. The normalized spacial score (nSPS) is 27.9. The highest BCUT2D eigenvalue weighted by atomic mass is 16.2. The Morgan fingerprint density at radius 3 is 2.41 bits per heavy atom. The summed E-state index contributed by atoms with van der Waals surface area (Å²) in [5.74, 6) is 1.49. The van der Waals surface area contributed by atoms with Crippen LogP contribution in [0, 0.1) is 11.8 Å². The lowest BCUT2D eigenvalue weighted by molar-refractivity contribution is 0.0538. The predicted molar refractivity (Wildman–Crippen MR) is 66.8 cm³/mol. The lowest BCUT2D eigenvalue weighted by Gasteiger charge is -2.41. The smallest absolute Gasteiger partial charge is 0.253 e. The topological polar surface area (TPSA) is 32.3 Å². The lowest BCUT2D eigenvalue weighted by Crippen LogP contribution is -2.52. The molecule has 0 aromatic heterocycles. The molecule has 0 radical (unpaired) electrons. The third kappa shape index (κ3) is 2.20.